The number of nitrogens with zero attached hydrogens (tertiary/aromatic N) is 3. The summed E-state index contributed by atoms with van der Waals surface area (Å²) in [6.07, 6.45) is 3.38. The first-order valence-corrected chi connectivity index (χ1v) is 6.20. The highest BCUT2D eigenvalue weighted by Crippen LogP contribution is 2.14. The van der Waals surface area contributed by atoms with Crippen molar-refractivity contribution in [3.8, 4) is 0 Å². The lowest BCUT2D eigenvalue weighted by Crippen LogP contribution is -2.18. The van der Waals surface area contributed by atoms with Gasteiger partial charge in [-0.05, 0) is 24.6 Å². The van der Waals surface area contributed by atoms with Crippen molar-refractivity contribution in [2.75, 3.05) is 23.8 Å². The normalized spacial score (nSPS) is 10.3. The third kappa shape index (κ3) is 3.64. The standard InChI is InChI=1S/C14H17FN4/c1-3-17-13-8-16-9-14(18-13)19(2)10-11-5-4-6-12(15)7-11/h4-9H,3,10H2,1-2H3,(H,17,18). The van der Waals surface area contributed by atoms with Gasteiger partial charge in [-0.15, -0.1) is 0 Å². The van der Waals surface area contributed by atoms with Gasteiger partial charge in [0, 0.05) is 20.1 Å². The second-order valence-corrected chi connectivity index (χ2v) is 4.28. The van der Waals surface area contributed by atoms with Crippen molar-refractivity contribution < 1.29 is 4.39 Å². The van der Waals surface area contributed by atoms with E-state index >= 15 is 0 Å². The number of anilines is 2. The van der Waals surface area contributed by atoms with Gasteiger partial charge in [-0.3, -0.25) is 4.98 Å². The third-order valence-electron chi connectivity index (χ3n) is 2.68. The van der Waals surface area contributed by atoms with Gasteiger partial charge in [-0.25, -0.2) is 9.37 Å². The van der Waals surface area contributed by atoms with Crippen LogP contribution in [0.3, 0.4) is 0 Å². The molecule has 2 rings (SSSR count). The zero-order chi connectivity index (χ0) is 13.7. The van der Waals surface area contributed by atoms with Crippen LogP contribution in [-0.4, -0.2) is 23.6 Å². The number of nitrogens with one attached hydrogen (secondary N) is 1. The molecule has 1 heterocycles. The molecule has 0 saturated carbocycles. The summed E-state index contributed by atoms with van der Waals surface area (Å²) in [4.78, 5) is 10.5. The predicted octanol–water partition coefficient (Wildman–Crippen LogP) is 2.68. The Morgan fingerprint density at radius 3 is 2.89 bits per heavy atom. The largest absolute Gasteiger partial charge is 0.369 e. The van der Waals surface area contributed by atoms with E-state index in [0.717, 1.165) is 23.7 Å². The Kier molecular flexibility index (Phi) is 4.28. The van der Waals surface area contributed by atoms with E-state index in [9.17, 15) is 4.39 Å². The van der Waals surface area contributed by atoms with Crippen molar-refractivity contribution in [2.24, 2.45) is 0 Å². The lowest BCUT2D eigenvalue weighted by Gasteiger charge is -2.18. The molecule has 0 unspecified atom stereocenters. The molecule has 1 aromatic carbocycles. The van der Waals surface area contributed by atoms with Crippen molar-refractivity contribution in [1.29, 1.82) is 0 Å². The Labute approximate surface area is 112 Å². The molecule has 0 aliphatic carbocycles. The van der Waals surface area contributed by atoms with Gasteiger partial charge in [0.25, 0.3) is 0 Å². The minimum Gasteiger partial charge on any atom is -0.369 e. The van der Waals surface area contributed by atoms with Crippen molar-refractivity contribution in [3.05, 3.63) is 48.0 Å². The van der Waals surface area contributed by atoms with Crippen LogP contribution in [0, 0.1) is 5.82 Å². The van der Waals surface area contributed by atoms with Gasteiger partial charge < -0.3 is 10.2 Å². The molecule has 0 spiro atoms. The molecule has 0 bridgehead atoms. The molecule has 0 aliphatic rings. The fourth-order valence-electron chi connectivity index (χ4n) is 1.80. The highest BCUT2D eigenvalue weighted by Gasteiger charge is 2.05. The number of benzene rings is 1. The first-order chi connectivity index (χ1) is 9.19. The second-order valence-electron chi connectivity index (χ2n) is 4.28. The van der Waals surface area contributed by atoms with E-state index in [1.807, 2.05) is 24.9 Å². The quantitative estimate of drug-likeness (QED) is 0.897. The van der Waals surface area contributed by atoms with Crippen LogP contribution in [0.5, 0.6) is 0 Å². The molecule has 100 valence electrons. The van der Waals surface area contributed by atoms with E-state index in [4.69, 9.17) is 0 Å². The number of rotatable bonds is 5. The van der Waals surface area contributed by atoms with Crippen LogP contribution in [0.25, 0.3) is 0 Å². The molecule has 1 N–H and O–H groups in total. The Morgan fingerprint density at radius 2 is 2.16 bits per heavy atom. The molecular weight excluding hydrogens is 243 g/mol. The lowest BCUT2D eigenvalue weighted by molar-refractivity contribution is 0.625. The Bertz CT molecular complexity index is 544. The Balaban J connectivity index is 2.11. The molecule has 0 atom stereocenters. The number of hydrogen-bond acceptors (Lipinski definition) is 4. The first kappa shape index (κ1) is 13.3. The van der Waals surface area contributed by atoms with E-state index in [1.165, 1.54) is 12.1 Å². The first-order valence-electron chi connectivity index (χ1n) is 6.20. The molecule has 4 nitrogen and oxygen atoms in total. The molecular formula is C14H17FN4. The van der Waals surface area contributed by atoms with E-state index in [1.54, 1.807) is 18.5 Å². The highest BCUT2D eigenvalue weighted by molar-refractivity contribution is 5.43. The predicted molar refractivity (Wildman–Crippen MR) is 74.7 cm³/mol. The minimum absolute atomic E-state index is 0.224. The van der Waals surface area contributed by atoms with Crippen LogP contribution in [0.4, 0.5) is 16.0 Å². The van der Waals surface area contributed by atoms with E-state index in [-0.39, 0.29) is 5.82 Å². The van der Waals surface area contributed by atoms with Gasteiger partial charge in [-0.1, -0.05) is 12.1 Å². The molecule has 1 aromatic heterocycles. The Hall–Kier alpha value is -2.17. The van der Waals surface area contributed by atoms with Gasteiger partial charge in [-0.2, -0.15) is 0 Å². The summed E-state index contributed by atoms with van der Waals surface area (Å²) in [7, 11) is 1.91. The van der Waals surface area contributed by atoms with Crippen LogP contribution in [0.15, 0.2) is 36.7 Å². The van der Waals surface area contributed by atoms with Gasteiger partial charge in [0.15, 0.2) is 0 Å². The second kappa shape index (κ2) is 6.13. The summed E-state index contributed by atoms with van der Waals surface area (Å²) in [5.41, 5.74) is 0.901. The lowest BCUT2D eigenvalue weighted by atomic mass is 10.2. The summed E-state index contributed by atoms with van der Waals surface area (Å²) < 4.78 is 13.1. The van der Waals surface area contributed by atoms with Crippen LogP contribution < -0.4 is 10.2 Å². The van der Waals surface area contributed by atoms with Gasteiger partial charge >= 0.3 is 0 Å². The average molecular weight is 260 g/mol. The number of halogens is 1. The molecule has 19 heavy (non-hydrogen) atoms. The summed E-state index contributed by atoms with van der Waals surface area (Å²) >= 11 is 0. The van der Waals surface area contributed by atoms with E-state index < -0.39 is 0 Å². The van der Waals surface area contributed by atoms with Gasteiger partial charge in [0.1, 0.15) is 17.5 Å². The van der Waals surface area contributed by atoms with Crippen molar-refractivity contribution >= 4 is 11.6 Å². The highest BCUT2D eigenvalue weighted by atomic mass is 19.1. The number of hydrogen-bond donors (Lipinski definition) is 1. The zero-order valence-corrected chi connectivity index (χ0v) is 11.1. The van der Waals surface area contributed by atoms with E-state index in [0.29, 0.717) is 6.54 Å². The SMILES string of the molecule is CCNc1cncc(N(C)Cc2cccc(F)c2)n1. The smallest absolute Gasteiger partial charge is 0.149 e. The number of aromatic nitrogens is 2. The molecule has 2 aromatic rings. The summed E-state index contributed by atoms with van der Waals surface area (Å²) in [5, 5.41) is 3.12. The summed E-state index contributed by atoms with van der Waals surface area (Å²) in [6.45, 7) is 3.39. The maximum Gasteiger partial charge on any atom is 0.149 e. The van der Waals surface area contributed by atoms with Crippen LogP contribution >= 0.6 is 0 Å². The third-order valence-corrected chi connectivity index (χ3v) is 2.68. The zero-order valence-electron chi connectivity index (χ0n) is 11.1. The average Bonchev–Trinajstić information content (AvgIpc) is 2.39. The monoisotopic (exact) mass is 260 g/mol. The van der Waals surface area contributed by atoms with Gasteiger partial charge in [0.2, 0.25) is 0 Å². The topological polar surface area (TPSA) is 41.1 Å². The van der Waals surface area contributed by atoms with Crippen molar-refractivity contribution in [3.63, 3.8) is 0 Å². The van der Waals surface area contributed by atoms with Gasteiger partial charge in [0.05, 0.1) is 12.4 Å². The Morgan fingerprint density at radius 1 is 1.32 bits per heavy atom. The van der Waals surface area contributed by atoms with Crippen LogP contribution in [-0.2, 0) is 6.54 Å². The van der Waals surface area contributed by atoms with E-state index in [2.05, 4.69) is 15.3 Å². The fraction of sp³-hybridized carbons (Fsp3) is 0.286. The minimum atomic E-state index is -0.224. The molecule has 0 aliphatic heterocycles. The maximum absolute atomic E-state index is 13.1. The molecule has 5 heteroatoms. The summed E-state index contributed by atoms with van der Waals surface area (Å²) in [5.74, 6) is 1.27. The van der Waals surface area contributed by atoms with Crippen LogP contribution in [0.2, 0.25) is 0 Å². The maximum atomic E-state index is 13.1. The van der Waals surface area contributed by atoms with Crippen molar-refractivity contribution in [2.45, 2.75) is 13.5 Å². The molecule has 0 fully saturated rings. The molecule has 0 radical (unpaired) electrons. The van der Waals surface area contributed by atoms with Crippen molar-refractivity contribution in [1.82, 2.24) is 9.97 Å². The molecule has 0 saturated heterocycles. The van der Waals surface area contributed by atoms with Crippen LogP contribution in [0.1, 0.15) is 12.5 Å². The summed E-state index contributed by atoms with van der Waals surface area (Å²) in [6, 6.07) is 6.56. The molecule has 0 amide bonds. The fourth-order valence-corrected chi connectivity index (χ4v) is 1.80.